The summed E-state index contributed by atoms with van der Waals surface area (Å²) in [5, 5.41) is 11.0. The van der Waals surface area contributed by atoms with Crippen LogP contribution in [0.5, 0.6) is 0 Å². The van der Waals surface area contributed by atoms with E-state index in [1.165, 1.54) is 34.7 Å². The predicted molar refractivity (Wildman–Crippen MR) is 109 cm³/mol. The van der Waals surface area contributed by atoms with Gasteiger partial charge in [0, 0.05) is 34.9 Å². The number of rotatable bonds is 7. The third-order valence-corrected chi connectivity index (χ3v) is 6.97. The Kier molecular flexibility index (Phi) is 5.14. The zero-order chi connectivity index (χ0) is 18.1. The van der Waals surface area contributed by atoms with Crippen LogP contribution in [0.15, 0.2) is 35.6 Å². The summed E-state index contributed by atoms with van der Waals surface area (Å²) in [5.74, 6) is 3.26. The Bertz CT molecular complexity index is 876. The first-order chi connectivity index (χ1) is 12.7. The topological polar surface area (TPSA) is 43.6 Å². The van der Waals surface area contributed by atoms with E-state index >= 15 is 0 Å². The van der Waals surface area contributed by atoms with Gasteiger partial charge in [0.25, 0.3) is 0 Å². The predicted octanol–water partition coefficient (Wildman–Crippen LogP) is 5.71. The monoisotopic (exact) mass is 384 g/mol. The summed E-state index contributed by atoms with van der Waals surface area (Å²) in [5.41, 5.74) is 2.56. The first kappa shape index (κ1) is 17.7. The van der Waals surface area contributed by atoms with Gasteiger partial charge in [0.1, 0.15) is 10.8 Å². The molecule has 136 valence electrons. The second-order valence-electron chi connectivity index (χ2n) is 7.06. The van der Waals surface area contributed by atoms with Crippen molar-refractivity contribution in [3.05, 3.63) is 46.7 Å². The van der Waals surface area contributed by atoms with Crippen LogP contribution in [-0.2, 0) is 12.3 Å². The van der Waals surface area contributed by atoms with Gasteiger partial charge < -0.3 is 4.57 Å². The Hall–Kier alpha value is -1.66. The second-order valence-corrected chi connectivity index (χ2v) is 9.11. The molecule has 4 rings (SSSR count). The van der Waals surface area contributed by atoms with Crippen LogP contribution in [0.2, 0.25) is 0 Å². The zero-order valence-corrected chi connectivity index (χ0v) is 17.1. The summed E-state index contributed by atoms with van der Waals surface area (Å²) in [7, 11) is 0. The first-order valence-electron chi connectivity index (χ1n) is 9.26. The normalized spacial score (nSPS) is 14.3. The van der Waals surface area contributed by atoms with Gasteiger partial charge in [-0.3, -0.25) is 0 Å². The van der Waals surface area contributed by atoms with Crippen molar-refractivity contribution in [1.82, 2.24) is 19.7 Å². The van der Waals surface area contributed by atoms with E-state index in [1.54, 1.807) is 23.1 Å². The van der Waals surface area contributed by atoms with Gasteiger partial charge in [0.15, 0.2) is 5.16 Å². The molecule has 26 heavy (non-hydrogen) atoms. The van der Waals surface area contributed by atoms with Crippen molar-refractivity contribution in [2.24, 2.45) is 0 Å². The van der Waals surface area contributed by atoms with Crippen LogP contribution in [0.25, 0.3) is 10.6 Å². The lowest BCUT2D eigenvalue weighted by atomic mass is 10.0. The van der Waals surface area contributed by atoms with E-state index in [-0.39, 0.29) is 0 Å². The highest BCUT2D eigenvalue weighted by molar-refractivity contribution is 7.98. The fourth-order valence-corrected chi connectivity index (χ4v) is 4.95. The molecule has 0 spiro atoms. The van der Waals surface area contributed by atoms with Gasteiger partial charge in [-0.25, -0.2) is 4.98 Å². The summed E-state index contributed by atoms with van der Waals surface area (Å²) >= 11 is 3.53. The molecule has 0 aliphatic heterocycles. The van der Waals surface area contributed by atoms with E-state index in [0.29, 0.717) is 11.8 Å². The molecule has 0 saturated heterocycles. The maximum Gasteiger partial charge on any atom is 0.191 e. The molecule has 1 aliphatic rings. The van der Waals surface area contributed by atoms with Crippen LogP contribution in [0.4, 0.5) is 0 Å². The van der Waals surface area contributed by atoms with Gasteiger partial charge in [-0.2, -0.15) is 0 Å². The lowest BCUT2D eigenvalue weighted by Crippen LogP contribution is -2.01. The minimum absolute atomic E-state index is 0.559. The van der Waals surface area contributed by atoms with E-state index in [1.807, 2.05) is 6.20 Å². The smallest absolute Gasteiger partial charge is 0.191 e. The van der Waals surface area contributed by atoms with Crippen LogP contribution in [0, 0.1) is 0 Å². The van der Waals surface area contributed by atoms with Crippen LogP contribution in [0.3, 0.4) is 0 Å². The fraction of sp³-hybridized carbons (Fsp3) is 0.450. The number of aromatic nitrogens is 4. The highest BCUT2D eigenvalue weighted by Crippen LogP contribution is 2.40. The molecule has 0 radical (unpaired) electrons. The van der Waals surface area contributed by atoms with Crippen molar-refractivity contribution in [3.63, 3.8) is 0 Å². The minimum Gasteiger partial charge on any atom is -0.306 e. The number of hydrogen-bond donors (Lipinski definition) is 0. The van der Waals surface area contributed by atoms with Gasteiger partial charge in [-0.05, 0) is 31.2 Å². The lowest BCUT2D eigenvalue weighted by molar-refractivity contribution is 0.643. The highest BCUT2D eigenvalue weighted by atomic mass is 32.2. The minimum atomic E-state index is 0.559. The molecule has 0 amide bonds. The molecule has 1 saturated carbocycles. The molecule has 1 fully saturated rings. The van der Waals surface area contributed by atoms with Crippen LogP contribution in [0.1, 0.15) is 61.7 Å². The summed E-state index contributed by atoms with van der Waals surface area (Å²) in [4.78, 5) is 5.90. The van der Waals surface area contributed by atoms with Gasteiger partial charge >= 0.3 is 0 Å². The van der Waals surface area contributed by atoms with Crippen molar-refractivity contribution in [2.45, 2.75) is 62.9 Å². The average Bonchev–Trinajstić information content (AvgIpc) is 3.24. The van der Waals surface area contributed by atoms with E-state index in [2.05, 4.69) is 64.8 Å². The van der Waals surface area contributed by atoms with E-state index in [0.717, 1.165) is 22.5 Å². The molecule has 0 atom stereocenters. The highest BCUT2D eigenvalue weighted by Gasteiger charge is 2.29. The third-order valence-electron chi connectivity index (χ3n) is 4.73. The zero-order valence-electron chi connectivity index (χ0n) is 15.5. The van der Waals surface area contributed by atoms with Crippen LogP contribution >= 0.6 is 23.1 Å². The Morgan fingerprint density at radius 2 is 1.96 bits per heavy atom. The molecule has 0 unspecified atom stereocenters. The quantitative estimate of drug-likeness (QED) is 0.489. The molecule has 3 aromatic rings. The van der Waals surface area contributed by atoms with Crippen molar-refractivity contribution >= 4 is 23.1 Å². The summed E-state index contributed by atoms with van der Waals surface area (Å²) in [6.45, 7) is 7.55. The van der Waals surface area contributed by atoms with Crippen molar-refractivity contribution in [3.8, 4) is 10.6 Å². The van der Waals surface area contributed by atoms with Crippen molar-refractivity contribution < 1.29 is 0 Å². The Labute approximate surface area is 163 Å². The fourth-order valence-electron chi connectivity index (χ4n) is 3.00. The lowest BCUT2D eigenvalue weighted by Gasteiger charge is -2.05. The molecular weight excluding hydrogens is 360 g/mol. The molecule has 4 nitrogen and oxygen atoms in total. The molecule has 2 heterocycles. The van der Waals surface area contributed by atoms with Gasteiger partial charge in [0.2, 0.25) is 0 Å². The number of benzene rings is 1. The number of thioether (sulfide) groups is 1. The van der Waals surface area contributed by atoms with Gasteiger partial charge in [-0.15, -0.1) is 21.5 Å². The summed E-state index contributed by atoms with van der Waals surface area (Å²) < 4.78 is 2.27. The first-order valence-corrected chi connectivity index (χ1v) is 11.1. The molecule has 0 bridgehead atoms. The van der Waals surface area contributed by atoms with Crippen molar-refractivity contribution in [1.29, 1.82) is 0 Å². The molecule has 1 aliphatic carbocycles. The molecule has 6 heteroatoms. The molecule has 1 aromatic carbocycles. The maximum absolute atomic E-state index is 4.62. The SMILES string of the molecule is CCn1c(SCc2cnc(-c3ccc(C(C)C)cc3)s2)nnc1C1CC1. The Morgan fingerprint density at radius 1 is 1.19 bits per heavy atom. The van der Waals surface area contributed by atoms with Gasteiger partial charge in [0.05, 0.1) is 0 Å². The Balaban J connectivity index is 1.44. The molecule has 2 aromatic heterocycles. The second kappa shape index (κ2) is 7.53. The molecule has 0 N–H and O–H groups in total. The standard InChI is InChI=1S/C20H24N4S2/c1-4-24-18(15-7-8-15)22-23-20(24)25-12-17-11-21-19(26-17)16-9-5-14(6-10-16)13(2)3/h5-6,9-11,13,15H,4,7-8,12H2,1-3H3. The average molecular weight is 385 g/mol. The number of nitrogens with zero attached hydrogens (tertiary/aromatic N) is 4. The van der Waals surface area contributed by atoms with Crippen LogP contribution < -0.4 is 0 Å². The molecular formula is C20H24N4S2. The third kappa shape index (κ3) is 3.71. The van der Waals surface area contributed by atoms with Crippen molar-refractivity contribution in [2.75, 3.05) is 0 Å². The largest absolute Gasteiger partial charge is 0.306 e. The number of hydrogen-bond acceptors (Lipinski definition) is 5. The summed E-state index contributed by atoms with van der Waals surface area (Å²) in [6, 6.07) is 8.78. The Morgan fingerprint density at radius 3 is 2.62 bits per heavy atom. The number of thiazole rings is 1. The van der Waals surface area contributed by atoms with E-state index < -0.39 is 0 Å². The van der Waals surface area contributed by atoms with E-state index in [4.69, 9.17) is 0 Å². The van der Waals surface area contributed by atoms with E-state index in [9.17, 15) is 0 Å². The van der Waals surface area contributed by atoms with Gasteiger partial charge in [-0.1, -0.05) is 49.9 Å². The summed E-state index contributed by atoms with van der Waals surface area (Å²) in [6.07, 6.45) is 4.52. The maximum atomic E-state index is 4.62. The van der Waals surface area contributed by atoms with Crippen LogP contribution in [-0.4, -0.2) is 19.7 Å².